The molecule has 1 aliphatic rings. The normalized spacial score (nSPS) is 16.9. The average molecular weight is 367 g/mol. The molecule has 0 saturated carbocycles. The number of carbonyl (C=O) groups excluding carboxylic acids is 2. The van der Waals surface area contributed by atoms with Crippen LogP contribution in [0.1, 0.15) is 22.5 Å². The number of rotatable bonds is 4. The zero-order chi connectivity index (χ0) is 19.4. The van der Waals surface area contributed by atoms with Gasteiger partial charge in [0.25, 0.3) is 5.91 Å². The fourth-order valence-electron chi connectivity index (χ4n) is 3.31. The second kappa shape index (κ2) is 8.31. The van der Waals surface area contributed by atoms with E-state index in [-0.39, 0.29) is 24.3 Å². The number of aryl methyl sites for hydroxylation is 1. The van der Waals surface area contributed by atoms with Gasteiger partial charge >= 0.3 is 0 Å². The number of hydrogen-bond donors (Lipinski definition) is 0. The molecule has 0 bridgehead atoms. The van der Waals surface area contributed by atoms with Crippen LogP contribution in [-0.2, 0) is 9.53 Å². The Hall–Kier alpha value is -2.73. The molecule has 2 heterocycles. The first-order chi connectivity index (χ1) is 13.0. The smallest absolute Gasteiger partial charge is 0.256 e. The van der Waals surface area contributed by atoms with Crippen molar-refractivity contribution in [1.29, 1.82) is 0 Å². The van der Waals surface area contributed by atoms with Crippen molar-refractivity contribution >= 4 is 11.8 Å². The molecule has 27 heavy (non-hydrogen) atoms. The highest BCUT2D eigenvalue weighted by molar-refractivity contribution is 6.02. The van der Waals surface area contributed by atoms with Crippen molar-refractivity contribution in [2.75, 3.05) is 33.9 Å². The molecule has 142 valence electrons. The van der Waals surface area contributed by atoms with Crippen molar-refractivity contribution in [2.24, 2.45) is 0 Å². The van der Waals surface area contributed by atoms with E-state index in [0.717, 1.165) is 11.1 Å². The minimum absolute atomic E-state index is 0.0190. The van der Waals surface area contributed by atoms with E-state index < -0.39 is 0 Å². The second-order valence-corrected chi connectivity index (χ2v) is 6.90. The highest BCUT2D eigenvalue weighted by Crippen LogP contribution is 2.27. The maximum Gasteiger partial charge on any atom is 0.256 e. The predicted molar refractivity (Wildman–Crippen MR) is 103 cm³/mol. The molecule has 2 amide bonds. The molecule has 1 aromatic heterocycles. The quantitative estimate of drug-likeness (QED) is 0.832. The lowest BCUT2D eigenvalue weighted by atomic mass is 9.97. The molecule has 3 rings (SSSR count). The fourth-order valence-corrected chi connectivity index (χ4v) is 3.31. The number of nitrogens with zero attached hydrogens (tertiary/aromatic N) is 3. The summed E-state index contributed by atoms with van der Waals surface area (Å²) < 4.78 is 5.54. The van der Waals surface area contributed by atoms with Crippen LogP contribution < -0.4 is 0 Å². The largest absolute Gasteiger partial charge is 0.377 e. The minimum Gasteiger partial charge on any atom is -0.377 e. The van der Waals surface area contributed by atoms with Gasteiger partial charge < -0.3 is 14.5 Å². The van der Waals surface area contributed by atoms with E-state index in [4.69, 9.17) is 4.74 Å². The van der Waals surface area contributed by atoms with Crippen LogP contribution in [0.2, 0.25) is 0 Å². The van der Waals surface area contributed by atoms with Gasteiger partial charge in [-0.15, -0.1) is 0 Å². The summed E-state index contributed by atoms with van der Waals surface area (Å²) in [5, 5.41) is 0. The first-order valence-corrected chi connectivity index (χ1v) is 9.09. The van der Waals surface area contributed by atoms with Crippen LogP contribution in [0.15, 0.2) is 42.6 Å². The maximum atomic E-state index is 13.5. The van der Waals surface area contributed by atoms with Crippen LogP contribution in [-0.4, -0.2) is 66.5 Å². The van der Waals surface area contributed by atoms with Crippen molar-refractivity contribution < 1.29 is 14.3 Å². The Labute approximate surface area is 159 Å². The van der Waals surface area contributed by atoms with E-state index in [0.29, 0.717) is 31.0 Å². The zero-order valence-electron chi connectivity index (χ0n) is 16.0. The summed E-state index contributed by atoms with van der Waals surface area (Å²) >= 11 is 0. The molecule has 0 radical (unpaired) electrons. The second-order valence-electron chi connectivity index (χ2n) is 6.90. The summed E-state index contributed by atoms with van der Waals surface area (Å²) in [6.45, 7) is 3.15. The SMILES string of the molecule is Cc1nccc(-c2ccccc2)c1C(=O)N1CCOC[C@H]1CC(=O)N(C)C. The molecule has 6 heteroatoms. The molecular formula is C21H25N3O3. The number of hydrogen-bond acceptors (Lipinski definition) is 4. The molecule has 0 aliphatic carbocycles. The Morgan fingerprint density at radius 3 is 2.67 bits per heavy atom. The summed E-state index contributed by atoms with van der Waals surface area (Å²) in [5.41, 5.74) is 3.11. The van der Waals surface area contributed by atoms with Crippen LogP contribution >= 0.6 is 0 Å². The number of aromatic nitrogens is 1. The monoisotopic (exact) mass is 367 g/mol. The van der Waals surface area contributed by atoms with Crippen LogP contribution in [0.25, 0.3) is 11.1 Å². The molecule has 1 saturated heterocycles. The summed E-state index contributed by atoms with van der Waals surface area (Å²) in [6, 6.07) is 11.4. The highest BCUT2D eigenvalue weighted by Gasteiger charge is 2.32. The van der Waals surface area contributed by atoms with Gasteiger partial charge in [-0.2, -0.15) is 0 Å². The van der Waals surface area contributed by atoms with E-state index in [1.807, 2.05) is 43.3 Å². The van der Waals surface area contributed by atoms with E-state index in [1.165, 1.54) is 0 Å². The maximum absolute atomic E-state index is 13.5. The van der Waals surface area contributed by atoms with E-state index in [1.54, 1.807) is 30.1 Å². The Balaban J connectivity index is 1.95. The lowest BCUT2D eigenvalue weighted by Crippen LogP contribution is -2.50. The zero-order valence-corrected chi connectivity index (χ0v) is 16.0. The van der Waals surface area contributed by atoms with Gasteiger partial charge in [-0.05, 0) is 24.1 Å². The molecule has 1 fully saturated rings. The summed E-state index contributed by atoms with van der Waals surface area (Å²) in [4.78, 5) is 33.3. The third-order valence-corrected chi connectivity index (χ3v) is 4.84. The Bertz CT molecular complexity index is 821. The van der Waals surface area contributed by atoms with Crippen molar-refractivity contribution in [3.63, 3.8) is 0 Å². The number of ether oxygens (including phenoxy) is 1. The third-order valence-electron chi connectivity index (χ3n) is 4.84. The average Bonchev–Trinajstić information content (AvgIpc) is 2.68. The molecule has 6 nitrogen and oxygen atoms in total. The van der Waals surface area contributed by atoms with Crippen molar-refractivity contribution in [3.05, 3.63) is 53.9 Å². The van der Waals surface area contributed by atoms with E-state index in [2.05, 4.69) is 4.98 Å². The summed E-state index contributed by atoms with van der Waals surface area (Å²) in [6.07, 6.45) is 1.97. The van der Waals surface area contributed by atoms with Gasteiger partial charge in [0.1, 0.15) is 0 Å². The molecule has 1 aromatic carbocycles. The van der Waals surface area contributed by atoms with Gasteiger partial charge in [0.2, 0.25) is 5.91 Å². The van der Waals surface area contributed by atoms with Crippen LogP contribution in [0.4, 0.5) is 0 Å². The van der Waals surface area contributed by atoms with Gasteiger partial charge in [-0.1, -0.05) is 30.3 Å². The molecular weight excluding hydrogens is 342 g/mol. The van der Waals surface area contributed by atoms with Gasteiger partial charge in [0, 0.05) is 33.3 Å². The molecule has 0 N–H and O–H groups in total. The number of carbonyl (C=O) groups is 2. The fraction of sp³-hybridized carbons (Fsp3) is 0.381. The Morgan fingerprint density at radius 2 is 1.96 bits per heavy atom. The number of pyridine rings is 1. The first kappa shape index (κ1) is 19.0. The highest BCUT2D eigenvalue weighted by atomic mass is 16.5. The van der Waals surface area contributed by atoms with Crippen LogP contribution in [0.5, 0.6) is 0 Å². The van der Waals surface area contributed by atoms with Gasteiger partial charge in [-0.3, -0.25) is 14.6 Å². The molecule has 1 aliphatic heterocycles. The van der Waals surface area contributed by atoms with Crippen LogP contribution in [0.3, 0.4) is 0 Å². The summed E-state index contributed by atoms with van der Waals surface area (Å²) in [5.74, 6) is -0.117. The van der Waals surface area contributed by atoms with Gasteiger partial charge in [0.15, 0.2) is 0 Å². The Morgan fingerprint density at radius 1 is 1.22 bits per heavy atom. The third kappa shape index (κ3) is 4.17. The van der Waals surface area contributed by atoms with Crippen molar-refractivity contribution in [3.8, 4) is 11.1 Å². The van der Waals surface area contributed by atoms with Gasteiger partial charge in [0.05, 0.1) is 30.5 Å². The Kier molecular flexibility index (Phi) is 5.86. The number of amides is 2. The molecule has 2 aromatic rings. The van der Waals surface area contributed by atoms with Crippen LogP contribution in [0, 0.1) is 6.92 Å². The number of benzene rings is 1. The topological polar surface area (TPSA) is 62.7 Å². The lowest BCUT2D eigenvalue weighted by molar-refractivity contribution is -0.131. The minimum atomic E-state index is -0.274. The predicted octanol–water partition coefficient (Wildman–Crippen LogP) is 2.38. The molecule has 1 atom stereocenters. The standard InChI is InChI=1S/C21H25N3O3/c1-15-20(18(9-10-22-15)16-7-5-4-6-8-16)21(26)24-11-12-27-14-17(24)13-19(25)23(2)3/h4-10,17H,11-14H2,1-3H3/t17-/m1/s1. The molecule has 0 spiro atoms. The van der Waals surface area contributed by atoms with E-state index >= 15 is 0 Å². The molecule has 0 unspecified atom stereocenters. The van der Waals surface area contributed by atoms with Crippen molar-refractivity contribution in [2.45, 2.75) is 19.4 Å². The lowest BCUT2D eigenvalue weighted by Gasteiger charge is -2.36. The summed E-state index contributed by atoms with van der Waals surface area (Å²) in [7, 11) is 3.44. The van der Waals surface area contributed by atoms with E-state index in [9.17, 15) is 9.59 Å². The number of morpholine rings is 1. The first-order valence-electron chi connectivity index (χ1n) is 9.09. The van der Waals surface area contributed by atoms with Gasteiger partial charge in [-0.25, -0.2) is 0 Å². The van der Waals surface area contributed by atoms with Crippen molar-refractivity contribution in [1.82, 2.24) is 14.8 Å².